The number of rotatable bonds is 8. The van der Waals surface area contributed by atoms with E-state index in [1.54, 1.807) is 0 Å². The Kier molecular flexibility index (Phi) is 5.11. The summed E-state index contributed by atoms with van der Waals surface area (Å²) in [6, 6.07) is 1.97. The first-order chi connectivity index (χ1) is 8.83. The summed E-state index contributed by atoms with van der Waals surface area (Å²) >= 11 is 0. The second kappa shape index (κ2) is 6.38. The molecule has 0 aliphatic heterocycles. The van der Waals surface area contributed by atoms with Gasteiger partial charge in [-0.25, -0.2) is 0 Å². The third-order valence-electron chi connectivity index (χ3n) is 3.11. The Bertz CT molecular complexity index is 426. The van der Waals surface area contributed by atoms with E-state index in [0.29, 0.717) is 6.54 Å². The van der Waals surface area contributed by atoms with Gasteiger partial charge in [-0.3, -0.25) is 9.59 Å². The van der Waals surface area contributed by atoms with Gasteiger partial charge in [-0.15, -0.1) is 0 Å². The molecule has 0 bridgehead atoms. The fourth-order valence-corrected chi connectivity index (χ4v) is 1.86. The van der Waals surface area contributed by atoms with E-state index in [0.717, 1.165) is 5.56 Å². The van der Waals surface area contributed by atoms with E-state index in [9.17, 15) is 9.59 Å². The predicted molar refractivity (Wildman–Crippen MR) is 70.1 cm³/mol. The van der Waals surface area contributed by atoms with E-state index in [2.05, 4.69) is 10.3 Å². The Morgan fingerprint density at radius 3 is 2.58 bits per heavy atom. The van der Waals surface area contributed by atoms with Crippen molar-refractivity contribution >= 4 is 11.9 Å². The summed E-state index contributed by atoms with van der Waals surface area (Å²) in [5.41, 5.74) is 0.969. The molecule has 106 valence electrons. The van der Waals surface area contributed by atoms with Gasteiger partial charge in [0.25, 0.3) is 0 Å². The van der Waals surface area contributed by atoms with Crippen LogP contribution in [0, 0.1) is 5.92 Å². The Hall–Kier alpha value is -1.82. The molecule has 0 aromatic carbocycles. The van der Waals surface area contributed by atoms with Gasteiger partial charge in [0.15, 0.2) is 0 Å². The monoisotopic (exact) mass is 268 g/mol. The smallest absolute Gasteiger partial charge is 0.308 e. The summed E-state index contributed by atoms with van der Waals surface area (Å²) in [5.74, 6) is -3.09. The maximum atomic E-state index is 10.9. The molecular weight excluding hydrogens is 248 g/mol. The van der Waals surface area contributed by atoms with Crippen molar-refractivity contribution in [2.75, 3.05) is 13.1 Å². The summed E-state index contributed by atoms with van der Waals surface area (Å²) in [4.78, 5) is 24.5. The van der Waals surface area contributed by atoms with Crippen LogP contribution in [0.25, 0.3) is 0 Å². The summed E-state index contributed by atoms with van der Waals surface area (Å²) in [7, 11) is 0. The Morgan fingerprint density at radius 1 is 1.42 bits per heavy atom. The predicted octanol–water partition coefficient (Wildman–Crippen LogP) is 1.06. The van der Waals surface area contributed by atoms with Crippen LogP contribution in [0.15, 0.2) is 18.5 Å². The van der Waals surface area contributed by atoms with Crippen molar-refractivity contribution in [2.24, 2.45) is 5.92 Å². The van der Waals surface area contributed by atoms with E-state index in [-0.39, 0.29) is 18.4 Å². The second-order valence-electron chi connectivity index (χ2n) is 5.25. The quantitative estimate of drug-likeness (QED) is 0.564. The minimum Gasteiger partial charge on any atom is -0.481 e. The largest absolute Gasteiger partial charge is 0.481 e. The molecule has 1 aromatic rings. The Balaban J connectivity index is 2.48. The highest BCUT2D eigenvalue weighted by Gasteiger charge is 2.24. The molecule has 0 radical (unpaired) electrons. The van der Waals surface area contributed by atoms with Crippen molar-refractivity contribution in [3.05, 3.63) is 24.0 Å². The van der Waals surface area contributed by atoms with Crippen LogP contribution in [-0.2, 0) is 15.0 Å². The van der Waals surface area contributed by atoms with Crippen molar-refractivity contribution in [1.29, 1.82) is 0 Å². The lowest BCUT2D eigenvalue weighted by Gasteiger charge is -2.25. The number of aromatic amines is 1. The molecular formula is C13H20N2O4. The lowest BCUT2D eigenvalue weighted by Crippen LogP contribution is -2.37. The van der Waals surface area contributed by atoms with Gasteiger partial charge in [-0.05, 0) is 11.6 Å². The molecule has 0 spiro atoms. The Labute approximate surface area is 111 Å². The number of carboxylic acids is 2. The van der Waals surface area contributed by atoms with E-state index >= 15 is 0 Å². The van der Waals surface area contributed by atoms with Crippen LogP contribution in [0.2, 0.25) is 0 Å². The molecule has 0 amide bonds. The molecule has 1 heterocycles. The maximum Gasteiger partial charge on any atom is 0.308 e. The van der Waals surface area contributed by atoms with Gasteiger partial charge in [0.05, 0.1) is 12.3 Å². The normalized spacial score (nSPS) is 13.2. The van der Waals surface area contributed by atoms with Crippen LogP contribution in [-0.4, -0.2) is 40.2 Å². The maximum absolute atomic E-state index is 10.9. The van der Waals surface area contributed by atoms with Crippen LogP contribution >= 0.6 is 0 Å². The van der Waals surface area contributed by atoms with Gasteiger partial charge in [0, 0.05) is 30.9 Å². The van der Waals surface area contributed by atoms with Crippen molar-refractivity contribution < 1.29 is 19.8 Å². The van der Waals surface area contributed by atoms with Crippen molar-refractivity contribution in [1.82, 2.24) is 10.3 Å². The molecule has 0 saturated heterocycles. The second-order valence-corrected chi connectivity index (χ2v) is 5.25. The van der Waals surface area contributed by atoms with Gasteiger partial charge in [0.1, 0.15) is 0 Å². The van der Waals surface area contributed by atoms with Gasteiger partial charge in [-0.1, -0.05) is 13.8 Å². The fourth-order valence-electron chi connectivity index (χ4n) is 1.86. The van der Waals surface area contributed by atoms with Gasteiger partial charge in [0.2, 0.25) is 0 Å². The zero-order chi connectivity index (χ0) is 14.5. The standard InChI is InChI=1S/C13H20N2O4/c1-13(2,10-3-4-14-7-10)8-15-6-9(12(18)19)5-11(16)17/h3-4,7,9,14-15H,5-6,8H2,1-2H3,(H,16,17)(H,18,19). The van der Waals surface area contributed by atoms with Crippen molar-refractivity contribution in [3.63, 3.8) is 0 Å². The zero-order valence-corrected chi connectivity index (χ0v) is 11.1. The average Bonchev–Trinajstić information content (AvgIpc) is 2.80. The number of hydrogen-bond donors (Lipinski definition) is 4. The van der Waals surface area contributed by atoms with E-state index in [4.69, 9.17) is 10.2 Å². The molecule has 0 saturated carbocycles. The number of aromatic nitrogens is 1. The molecule has 1 unspecified atom stereocenters. The molecule has 0 aliphatic rings. The highest BCUT2D eigenvalue weighted by Crippen LogP contribution is 2.21. The SMILES string of the molecule is CC(C)(CNCC(CC(=O)O)C(=O)O)c1cc[nH]c1. The zero-order valence-electron chi connectivity index (χ0n) is 11.1. The number of hydrogen-bond acceptors (Lipinski definition) is 3. The number of nitrogens with one attached hydrogen (secondary N) is 2. The molecule has 6 heteroatoms. The van der Waals surface area contributed by atoms with Crippen LogP contribution in [0.3, 0.4) is 0 Å². The minimum absolute atomic E-state index is 0.147. The van der Waals surface area contributed by atoms with Crippen molar-refractivity contribution in [2.45, 2.75) is 25.7 Å². The van der Waals surface area contributed by atoms with E-state index in [1.165, 1.54) is 0 Å². The van der Waals surface area contributed by atoms with Gasteiger partial charge < -0.3 is 20.5 Å². The van der Waals surface area contributed by atoms with Crippen molar-refractivity contribution in [3.8, 4) is 0 Å². The third-order valence-corrected chi connectivity index (χ3v) is 3.11. The summed E-state index contributed by atoms with van der Waals surface area (Å²) in [5, 5.41) is 20.6. The lowest BCUT2D eigenvalue weighted by molar-refractivity contribution is -0.148. The third kappa shape index (κ3) is 4.75. The molecule has 0 aliphatic carbocycles. The topological polar surface area (TPSA) is 102 Å². The van der Waals surface area contributed by atoms with Crippen LogP contribution in [0.5, 0.6) is 0 Å². The Morgan fingerprint density at radius 2 is 2.11 bits per heavy atom. The molecule has 1 aromatic heterocycles. The van der Waals surface area contributed by atoms with Crippen LogP contribution in [0.1, 0.15) is 25.8 Å². The highest BCUT2D eigenvalue weighted by molar-refractivity contribution is 5.77. The summed E-state index contributed by atoms with van der Waals surface area (Å²) in [6.45, 7) is 4.80. The molecule has 0 fully saturated rings. The van der Waals surface area contributed by atoms with Crippen LogP contribution < -0.4 is 5.32 Å². The molecule has 4 N–H and O–H groups in total. The molecule has 1 atom stereocenters. The molecule has 6 nitrogen and oxygen atoms in total. The van der Waals surface area contributed by atoms with E-state index < -0.39 is 17.9 Å². The summed E-state index contributed by atoms with van der Waals surface area (Å²) < 4.78 is 0. The number of H-pyrrole nitrogens is 1. The first-order valence-electron chi connectivity index (χ1n) is 6.11. The number of carbonyl (C=O) groups is 2. The average molecular weight is 268 g/mol. The molecule has 1 rings (SSSR count). The lowest BCUT2D eigenvalue weighted by atomic mass is 9.86. The number of carboxylic acid groups (broad SMARTS) is 2. The van der Waals surface area contributed by atoms with Crippen LogP contribution in [0.4, 0.5) is 0 Å². The fraction of sp³-hybridized carbons (Fsp3) is 0.538. The number of aliphatic carboxylic acids is 2. The summed E-state index contributed by atoms with van der Waals surface area (Å²) in [6.07, 6.45) is 3.36. The first kappa shape index (κ1) is 15.2. The highest BCUT2D eigenvalue weighted by atomic mass is 16.4. The minimum atomic E-state index is -1.10. The van der Waals surface area contributed by atoms with E-state index in [1.807, 2.05) is 32.3 Å². The first-order valence-corrected chi connectivity index (χ1v) is 6.11. The van der Waals surface area contributed by atoms with Gasteiger partial charge in [-0.2, -0.15) is 0 Å². The van der Waals surface area contributed by atoms with Gasteiger partial charge >= 0.3 is 11.9 Å². The molecule has 19 heavy (non-hydrogen) atoms.